The quantitative estimate of drug-likeness (QED) is 0.318. The number of rotatable bonds is 11. The Morgan fingerprint density at radius 2 is 2.02 bits per heavy atom. The van der Waals surface area contributed by atoms with Gasteiger partial charge in [-0.3, -0.25) is 4.99 Å². The second-order valence-electron chi connectivity index (χ2n) is 10.9. The van der Waals surface area contributed by atoms with E-state index in [1.165, 1.54) is 25.0 Å². The molecule has 2 heterocycles. The molecule has 0 radical (unpaired) electrons. The highest BCUT2D eigenvalue weighted by atomic mass is 35.5. The molecule has 2 aliphatic rings. The Balaban J connectivity index is 1.67. The number of benzene rings is 1. The van der Waals surface area contributed by atoms with E-state index in [2.05, 4.69) is 50.5 Å². The van der Waals surface area contributed by atoms with Gasteiger partial charge in [0, 0.05) is 32.8 Å². The largest absolute Gasteiger partial charge is 0.488 e. The zero-order valence-electron chi connectivity index (χ0n) is 24.4. The molecule has 0 spiro atoms. The highest BCUT2D eigenvalue weighted by Crippen LogP contribution is 2.40. The van der Waals surface area contributed by atoms with Gasteiger partial charge >= 0.3 is 0 Å². The zero-order valence-corrected chi connectivity index (χ0v) is 26.0. The lowest BCUT2D eigenvalue weighted by Crippen LogP contribution is -2.41. The van der Waals surface area contributed by atoms with Gasteiger partial charge in [-0.05, 0) is 76.9 Å². The Kier molecular flexibility index (Phi) is 9.78. The van der Waals surface area contributed by atoms with E-state index in [1.54, 1.807) is 21.0 Å². The fourth-order valence-corrected chi connectivity index (χ4v) is 5.84. The number of methoxy groups -OCH3 is 1. The predicted molar refractivity (Wildman–Crippen MR) is 164 cm³/mol. The molecular formula is C28H40ClN7O4S. The Morgan fingerprint density at radius 3 is 2.66 bits per heavy atom. The number of nitrogens with two attached hydrogens (primary N) is 1. The van der Waals surface area contributed by atoms with Crippen LogP contribution in [0.3, 0.4) is 0 Å². The second kappa shape index (κ2) is 12.9. The molecule has 41 heavy (non-hydrogen) atoms. The van der Waals surface area contributed by atoms with E-state index in [-0.39, 0.29) is 45.6 Å². The van der Waals surface area contributed by atoms with Crippen molar-refractivity contribution >= 4 is 45.1 Å². The fraction of sp³-hybridized carbons (Fsp3) is 0.536. The van der Waals surface area contributed by atoms with Crippen LogP contribution in [-0.2, 0) is 14.6 Å². The summed E-state index contributed by atoms with van der Waals surface area (Å²) >= 11 is 6.39. The molecule has 4 rings (SSSR count). The Morgan fingerprint density at radius 1 is 1.29 bits per heavy atom. The van der Waals surface area contributed by atoms with Crippen LogP contribution in [0.5, 0.6) is 5.75 Å². The van der Waals surface area contributed by atoms with E-state index < -0.39 is 15.1 Å². The second-order valence-corrected chi connectivity index (χ2v) is 13.7. The summed E-state index contributed by atoms with van der Waals surface area (Å²) in [5, 5.41) is 5.32. The molecule has 11 nitrogen and oxygen atoms in total. The maximum atomic E-state index is 12.7. The zero-order chi connectivity index (χ0) is 29.9. The minimum atomic E-state index is -3.76. The predicted octanol–water partition coefficient (Wildman–Crippen LogP) is 4.22. The molecule has 2 aromatic rings. The van der Waals surface area contributed by atoms with E-state index in [0.717, 1.165) is 49.4 Å². The van der Waals surface area contributed by atoms with Crippen LogP contribution in [0.4, 0.5) is 17.5 Å². The third-order valence-electron chi connectivity index (χ3n) is 7.35. The van der Waals surface area contributed by atoms with Crippen LogP contribution in [-0.4, -0.2) is 81.3 Å². The van der Waals surface area contributed by atoms with Crippen molar-refractivity contribution in [3.05, 3.63) is 45.2 Å². The molecule has 13 heteroatoms. The lowest BCUT2D eigenvalue weighted by atomic mass is 9.84. The summed E-state index contributed by atoms with van der Waals surface area (Å²) in [6.07, 6.45) is 6.03. The molecular weight excluding hydrogens is 566 g/mol. The van der Waals surface area contributed by atoms with Crippen molar-refractivity contribution < 1.29 is 17.9 Å². The molecule has 2 fully saturated rings. The topological polar surface area (TPSA) is 144 Å². The highest BCUT2D eigenvalue weighted by Gasteiger charge is 2.32. The number of allylic oxidation sites excluding steroid dienone is 1. The van der Waals surface area contributed by atoms with Crippen molar-refractivity contribution in [1.82, 2.24) is 14.9 Å². The van der Waals surface area contributed by atoms with Gasteiger partial charge in [-0.25, -0.2) is 13.4 Å². The third-order valence-corrected chi connectivity index (χ3v) is 9.70. The van der Waals surface area contributed by atoms with E-state index in [9.17, 15) is 8.42 Å². The number of likely N-dealkylation sites (N-methyl/N-ethyl adjacent to an activating group) is 1. The number of anilines is 3. The Hall–Kier alpha value is -2.93. The van der Waals surface area contributed by atoms with Crippen LogP contribution in [0.1, 0.15) is 50.2 Å². The van der Waals surface area contributed by atoms with Gasteiger partial charge in [-0.2, -0.15) is 4.98 Å². The molecule has 1 aliphatic heterocycles. The van der Waals surface area contributed by atoms with Gasteiger partial charge in [0.1, 0.15) is 10.8 Å². The van der Waals surface area contributed by atoms with E-state index in [0.29, 0.717) is 0 Å². The van der Waals surface area contributed by atoms with Crippen molar-refractivity contribution in [2.24, 2.45) is 10.7 Å². The van der Waals surface area contributed by atoms with Crippen molar-refractivity contribution in [2.75, 3.05) is 44.9 Å². The summed E-state index contributed by atoms with van der Waals surface area (Å²) in [6.45, 7) is 7.06. The molecule has 1 aromatic carbocycles. The minimum absolute atomic E-state index is 0.0662. The van der Waals surface area contributed by atoms with Crippen molar-refractivity contribution in [3.8, 4) is 5.75 Å². The number of nitrogens with one attached hydrogen (secondary N) is 2. The van der Waals surface area contributed by atoms with Crippen LogP contribution < -0.4 is 21.1 Å². The van der Waals surface area contributed by atoms with Gasteiger partial charge in [0.15, 0.2) is 20.7 Å². The molecule has 224 valence electrons. The highest BCUT2D eigenvalue weighted by molar-refractivity contribution is 7.95. The average Bonchev–Trinajstić information content (AvgIpc) is 3.75. The van der Waals surface area contributed by atoms with Crippen LogP contribution in [0, 0.1) is 6.92 Å². The average molecular weight is 606 g/mol. The maximum Gasteiger partial charge on any atom is 0.229 e. The number of sulfone groups is 1. The maximum absolute atomic E-state index is 12.7. The van der Waals surface area contributed by atoms with Gasteiger partial charge in [-0.1, -0.05) is 11.6 Å². The van der Waals surface area contributed by atoms with Crippen LogP contribution in [0.15, 0.2) is 34.0 Å². The number of piperidine rings is 1. The normalized spacial score (nSPS) is 20.8. The smallest absolute Gasteiger partial charge is 0.229 e. The first-order chi connectivity index (χ1) is 19.4. The number of hydrogen-bond acceptors (Lipinski definition) is 11. The Bertz CT molecular complexity index is 1430. The van der Waals surface area contributed by atoms with Crippen LogP contribution in [0.25, 0.3) is 0 Å². The summed E-state index contributed by atoms with van der Waals surface area (Å²) < 4.78 is 37.6. The molecule has 2 atom stereocenters. The molecule has 1 aliphatic carbocycles. The van der Waals surface area contributed by atoms with Gasteiger partial charge < -0.3 is 30.7 Å². The lowest BCUT2D eigenvalue weighted by Gasteiger charge is -2.37. The molecule has 0 bridgehead atoms. The van der Waals surface area contributed by atoms with Gasteiger partial charge in [-0.15, -0.1) is 0 Å². The number of aromatic nitrogens is 2. The molecule has 1 aromatic heterocycles. The first kappa shape index (κ1) is 31.0. The van der Waals surface area contributed by atoms with Gasteiger partial charge in [0.2, 0.25) is 5.95 Å². The summed E-state index contributed by atoms with van der Waals surface area (Å²) in [5.41, 5.74) is 9.15. The molecule has 2 unspecified atom stereocenters. The standard InChI is InChI=1S/C28H40ClN7O4S/c1-16(2)41(37,38)26(30)23(14-31-4)33-27-21(29)13-32-28(35-27)34-22-11-17(3)20(12-24(22)40-18-7-8-18)19-9-10-36(5)15-25(19)39-6/h11-14,16,18-19,25H,7-10,15,30H2,1-6H3,(H2,32,33,34,35). The van der Waals surface area contributed by atoms with Gasteiger partial charge in [0.05, 0.1) is 35.0 Å². The molecule has 1 saturated carbocycles. The Labute approximate surface area is 247 Å². The van der Waals surface area contributed by atoms with E-state index >= 15 is 0 Å². The van der Waals surface area contributed by atoms with Crippen molar-refractivity contribution in [2.45, 2.75) is 63.4 Å². The monoisotopic (exact) mass is 605 g/mol. The minimum Gasteiger partial charge on any atom is -0.488 e. The number of ether oxygens (including phenoxy) is 2. The number of nitrogens with zero attached hydrogens (tertiary/aromatic N) is 4. The number of hydrogen-bond donors (Lipinski definition) is 3. The summed E-state index contributed by atoms with van der Waals surface area (Å²) in [6, 6.07) is 4.16. The number of halogens is 1. The van der Waals surface area contributed by atoms with E-state index in [4.69, 9.17) is 26.8 Å². The number of likely N-dealkylation sites (tertiary alicyclic amines) is 1. The van der Waals surface area contributed by atoms with Crippen molar-refractivity contribution in [1.29, 1.82) is 0 Å². The third kappa shape index (κ3) is 7.29. The summed E-state index contributed by atoms with van der Waals surface area (Å²) in [5.74, 6) is 1.40. The first-order valence-electron chi connectivity index (χ1n) is 13.7. The lowest BCUT2D eigenvalue weighted by molar-refractivity contribution is 0.0231. The van der Waals surface area contributed by atoms with Gasteiger partial charge in [0.25, 0.3) is 0 Å². The number of aliphatic imine (C=N–C) groups is 1. The van der Waals surface area contributed by atoms with E-state index in [1.807, 2.05) is 6.07 Å². The SMILES string of the molecule is CN=CC(Nc1nc(Nc2cc(C)c(C3CCN(C)CC3OC)cc2OC2CC2)ncc1Cl)=C(N)S(=O)(=O)C(C)C. The number of aryl methyl sites for hydroxylation is 1. The fourth-order valence-electron chi connectivity index (χ4n) is 4.79. The van der Waals surface area contributed by atoms with Crippen LogP contribution >= 0.6 is 11.6 Å². The molecule has 4 N–H and O–H groups in total. The summed E-state index contributed by atoms with van der Waals surface area (Å²) in [4.78, 5) is 15.1. The van der Waals surface area contributed by atoms with Crippen LogP contribution in [0.2, 0.25) is 5.02 Å². The van der Waals surface area contributed by atoms with Crippen molar-refractivity contribution in [3.63, 3.8) is 0 Å². The summed E-state index contributed by atoms with van der Waals surface area (Å²) in [7, 11) is 1.64. The molecule has 1 saturated heterocycles. The molecule has 0 amide bonds. The first-order valence-corrected chi connectivity index (χ1v) is 15.6.